The van der Waals surface area contributed by atoms with Crippen molar-refractivity contribution in [3.8, 4) is 0 Å². The van der Waals surface area contributed by atoms with Gasteiger partial charge in [-0.2, -0.15) is 0 Å². The van der Waals surface area contributed by atoms with Crippen LogP contribution in [0.2, 0.25) is 5.02 Å². The second kappa shape index (κ2) is 19.6. The van der Waals surface area contributed by atoms with Crippen molar-refractivity contribution in [3.63, 3.8) is 0 Å². The van der Waals surface area contributed by atoms with Crippen LogP contribution in [-0.4, -0.2) is 25.2 Å². The van der Waals surface area contributed by atoms with E-state index in [-0.39, 0.29) is 5.91 Å². The Morgan fingerprint density at radius 1 is 0.905 bits per heavy atom. The summed E-state index contributed by atoms with van der Waals surface area (Å²) in [6, 6.07) is 29.0. The van der Waals surface area contributed by atoms with Gasteiger partial charge < -0.3 is 20.6 Å². The first-order valence-electron chi connectivity index (χ1n) is 13.0. The van der Waals surface area contributed by atoms with Gasteiger partial charge in [-0.3, -0.25) is 4.79 Å². The summed E-state index contributed by atoms with van der Waals surface area (Å²) in [4.78, 5) is 36.0. The molecule has 0 aliphatic carbocycles. The Labute approximate surface area is 257 Å². The van der Waals surface area contributed by atoms with Gasteiger partial charge in [0, 0.05) is 43.7 Å². The van der Waals surface area contributed by atoms with E-state index >= 15 is 0 Å². The highest BCUT2D eigenvalue weighted by Gasteiger charge is 2.20. The zero-order valence-electron chi connectivity index (χ0n) is 24.1. The minimum atomic E-state index is -0.148. The molecule has 0 aromatic heterocycles. The maximum Gasteiger partial charge on any atom is 0.251 e. The summed E-state index contributed by atoms with van der Waals surface area (Å²) in [5.41, 5.74) is 11.6. The van der Waals surface area contributed by atoms with Crippen molar-refractivity contribution in [2.75, 3.05) is 5.73 Å². The molecule has 0 radical (unpaired) electrons. The number of amides is 1. The summed E-state index contributed by atoms with van der Waals surface area (Å²) in [7, 11) is 0. The van der Waals surface area contributed by atoms with Crippen molar-refractivity contribution < 1.29 is 14.4 Å². The predicted octanol–water partition coefficient (Wildman–Crippen LogP) is 8.33. The molecule has 0 bridgehead atoms. The highest BCUT2D eigenvalue weighted by Crippen LogP contribution is 2.41. The van der Waals surface area contributed by atoms with Gasteiger partial charge in [0.05, 0.1) is 11.4 Å². The lowest BCUT2D eigenvalue weighted by molar-refractivity contribution is -0.0987. The number of allylic oxidation sites excluding steroid dienone is 1. The van der Waals surface area contributed by atoms with E-state index in [9.17, 15) is 4.79 Å². The molecule has 1 heterocycles. The fraction of sp³-hybridized carbons (Fsp3) is 0.118. The number of fused-ring (bicyclic) bond motifs is 2. The highest BCUT2D eigenvalue weighted by molar-refractivity contribution is 7.99. The predicted molar refractivity (Wildman–Crippen MR) is 177 cm³/mol. The van der Waals surface area contributed by atoms with E-state index in [1.807, 2.05) is 113 Å². The molecule has 8 heteroatoms. The number of nitrogen functional groups attached to an aromatic ring is 1. The van der Waals surface area contributed by atoms with Gasteiger partial charge in [-0.05, 0) is 61.0 Å². The molecule has 1 aliphatic rings. The lowest BCUT2D eigenvalue weighted by Gasteiger charge is -2.09. The molecule has 0 atom stereocenters. The smallest absolute Gasteiger partial charge is 0.251 e. The van der Waals surface area contributed by atoms with Crippen molar-refractivity contribution in [3.05, 3.63) is 131 Å². The summed E-state index contributed by atoms with van der Waals surface area (Å²) in [5, 5.41) is 3.65. The minimum Gasteiger partial charge on any atom is -0.399 e. The van der Waals surface area contributed by atoms with E-state index in [1.165, 1.54) is 0 Å². The molecule has 1 amide bonds. The molecule has 4 aromatic carbocycles. The molecule has 3 N–H and O–H groups in total. The third-order valence-corrected chi connectivity index (χ3v) is 6.76. The third kappa shape index (κ3) is 10.2. The van der Waals surface area contributed by atoms with Crippen LogP contribution in [0.3, 0.4) is 0 Å². The summed E-state index contributed by atoms with van der Waals surface area (Å²) < 4.78 is 0. The molecule has 6 nitrogen and oxygen atoms in total. The Morgan fingerprint density at radius 2 is 1.50 bits per heavy atom. The van der Waals surface area contributed by atoms with E-state index in [2.05, 4.69) is 24.0 Å². The Kier molecular flexibility index (Phi) is 16.6. The topological polar surface area (TPSA) is 102 Å². The average Bonchev–Trinajstić information content (AvgIpc) is 3.21. The first-order chi connectivity index (χ1) is 20.5. The van der Waals surface area contributed by atoms with Crippen LogP contribution in [0.4, 0.5) is 11.4 Å². The Balaban J connectivity index is 0.000000890. The van der Waals surface area contributed by atoms with E-state index in [4.69, 9.17) is 31.9 Å². The largest absolute Gasteiger partial charge is 0.399 e. The van der Waals surface area contributed by atoms with Gasteiger partial charge in [-0.25, -0.2) is 4.99 Å². The number of nitrogens with one attached hydrogen (secondary N) is 1. The van der Waals surface area contributed by atoms with Crippen LogP contribution in [0.1, 0.15) is 47.8 Å². The van der Waals surface area contributed by atoms with E-state index in [1.54, 1.807) is 17.8 Å². The van der Waals surface area contributed by atoms with Crippen molar-refractivity contribution in [1.29, 1.82) is 0 Å². The number of hydrogen-bond donors (Lipinski definition) is 2. The molecule has 0 spiro atoms. The summed E-state index contributed by atoms with van der Waals surface area (Å²) in [6.45, 7) is 13.7. The molecular formula is C34H36ClN3O3S. The number of benzene rings is 4. The standard InChI is InChI=1S/C27H20ClN3OS.C3H6.C2H6.2CH2O/c28-20-10-7-18(8-11-20)26-22-3-1-2-4-24(22)33-25-14-9-19(15-23(25)31-26)27(32)30-16-17-5-12-21(29)13-6-17;1-3-2;3*1-2/h1-15H,16,29H2,(H,30,32);3H,1H2,2H3;1-2H3;2*1H2. The lowest BCUT2D eigenvalue weighted by atomic mass is 10.0. The van der Waals surface area contributed by atoms with E-state index in [0.717, 1.165) is 37.9 Å². The molecule has 42 heavy (non-hydrogen) atoms. The average molecular weight is 602 g/mol. The molecule has 5 rings (SSSR count). The lowest BCUT2D eigenvalue weighted by Crippen LogP contribution is -2.22. The number of rotatable bonds is 4. The Hall–Kier alpha value is -4.46. The van der Waals surface area contributed by atoms with Crippen molar-refractivity contribution in [2.24, 2.45) is 4.99 Å². The SMILES string of the molecule is C=CC.C=O.C=O.CC.Nc1ccc(CNC(=O)c2ccc3c(c2)N=C(c2ccc(Cl)cc2)c2ccccc2S3)cc1. The summed E-state index contributed by atoms with van der Waals surface area (Å²) in [6.07, 6.45) is 1.75. The second-order valence-electron chi connectivity index (χ2n) is 8.08. The minimum absolute atomic E-state index is 0.148. The van der Waals surface area contributed by atoms with Crippen LogP contribution < -0.4 is 11.1 Å². The zero-order chi connectivity index (χ0) is 31.5. The highest BCUT2D eigenvalue weighted by atomic mass is 35.5. The number of anilines is 1. The number of carbonyl (C=O) groups excluding carboxylic acids is 3. The van der Waals surface area contributed by atoms with Gasteiger partial charge in [0.1, 0.15) is 13.6 Å². The van der Waals surface area contributed by atoms with Crippen LogP contribution >= 0.6 is 23.4 Å². The number of nitrogens with zero attached hydrogens (tertiary/aromatic N) is 1. The van der Waals surface area contributed by atoms with Crippen molar-refractivity contribution in [1.82, 2.24) is 5.32 Å². The normalized spacial score (nSPS) is 10.2. The fourth-order valence-corrected chi connectivity index (χ4v) is 4.76. The van der Waals surface area contributed by atoms with Crippen LogP contribution in [0.5, 0.6) is 0 Å². The van der Waals surface area contributed by atoms with Gasteiger partial charge in [0.15, 0.2) is 0 Å². The zero-order valence-corrected chi connectivity index (χ0v) is 25.7. The fourth-order valence-electron chi connectivity index (χ4n) is 3.63. The number of aliphatic imine (C=N–C) groups is 1. The van der Waals surface area contributed by atoms with Crippen LogP contribution in [0.15, 0.2) is 118 Å². The van der Waals surface area contributed by atoms with Gasteiger partial charge >= 0.3 is 0 Å². The molecule has 0 fully saturated rings. The van der Waals surface area contributed by atoms with Crippen LogP contribution in [0.25, 0.3) is 0 Å². The van der Waals surface area contributed by atoms with E-state index in [0.29, 0.717) is 22.8 Å². The molecule has 218 valence electrons. The van der Waals surface area contributed by atoms with Crippen molar-refractivity contribution in [2.45, 2.75) is 37.1 Å². The van der Waals surface area contributed by atoms with Crippen LogP contribution in [0, 0.1) is 0 Å². The molecule has 4 aromatic rings. The van der Waals surface area contributed by atoms with Crippen LogP contribution in [-0.2, 0) is 16.1 Å². The number of hydrogen-bond acceptors (Lipinski definition) is 6. The quantitative estimate of drug-likeness (QED) is 0.159. The van der Waals surface area contributed by atoms with Gasteiger partial charge in [-0.15, -0.1) is 6.58 Å². The maximum absolute atomic E-state index is 12.9. The van der Waals surface area contributed by atoms with Gasteiger partial charge in [-0.1, -0.05) is 85.8 Å². The monoisotopic (exact) mass is 601 g/mol. The Morgan fingerprint density at radius 3 is 2.12 bits per heavy atom. The Bertz CT molecular complexity index is 1450. The second-order valence-corrected chi connectivity index (χ2v) is 9.60. The third-order valence-electron chi connectivity index (χ3n) is 5.37. The van der Waals surface area contributed by atoms with Gasteiger partial charge in [0.25, 0.3) is 5.91 Å². The molecule has 1 aliphatic heterocycles. The first-order valence-corrected chi connectivity index (χ1v) is 14.2. The molecular weight excluding hydrogens is 566 g/mol. The number of halogens is 1. The summed E-state index contributed by atoms with van der Waals surface area (Å²) >= 11 is 7.76. The van der Waals surface area contributed by atoms with Crippen molar-refractivity contribution >= 4 is 59.9 Å². The molecule has 0 saturated carbocycles. The molecule has 0 unspecified atom stereocenters. The van der Waals surface area contributed by atoms with Gasteiger partial charge in [0.2, 0.25) is 0 Å². The molecule has 0 saturated heterocycles. The maximum atomic E-state index is 12.9. The first kappa shape index (κ1) is 35.6. The summed E-state index contributed by atoms with van der Waals surface area (Å²) in [5.74, 6) is -0.148. The van der Waals surface area contributed by atoms with E-state index < -0.39 is 0 Å². The number of carbonyl (C=O) groups is 3. The number of nitrogens with two attached hydrogens (primary N) is 1.